The molecule has 0 bridgehead atoms. The molecule has 0 heteroatoms. The van der Waals surface area contributed by atoms with Crippen LogP contribution < -0.4 is 0 Å². The van der Waals surface area contributed by atoms with E-state index in [2.05, 4.69) is 136 Å². The summed E-state index contributed by atoms with van der Waals surface area (Å²) in [4.78, 5) is 0. The maximum absolute atomic E-state index is 2.30. The van der Waals surface area contributed by atoms with Crippen molar-refractivity contribution in [3.8, 4) is 44.5 Å². The first-order valence-electron chi connectivity index (χ1n) is 12.8. The highest BCUT2D eigenvalue weighted by molar-refractivity contribution is 6.29. The second kappa shape index (κ2) is 7.67. The average Bonchev–Trinajstić information content (AvgIpc) is 3.25. The zero-order chi connectivity index (χ0) is 24.4. The average molecular weight is 461 g/mol. The van der Waals surface area contributed by atoms with Crippen LogP contribution in [0.5, 0.6) is 0 Å². The molecule has 36 heavy (non-hydrogen) atoms. The van der Waals surface area contributed by atoms with Crippen LogP contribution in [-0.2, 0) is 5.41 Å². The van der Waals surface area contributed by atoms with Crippen molar-refractivity contribution < 1.29 is 0 Å². The summed E-state index contributed by atoms with van der Waals surface area (Å²) >= 11 is 0. The van der Waals surface area contributed by atoms with Gasteiger partial charge >= 0.3 is 0 Å². The Hall–Kier alpha value is -4.16. The minimum absolute atomic E-state index is 0.166. The Morgan fingerprint density at radius 2 is 0.889 bits per heavy atom. The van der Waals surface area contributed by atoms with Crippen LogP contribution in [0.3, 0.4) is 0 Å². The van der Waals surface area contributed by atoms with Crippen LogP contribution in [0.1, 0.15) is 26.3 Å². The van der Waals surface area contributed by atoms with Crippen molar-refractivity contribution in [1.82, 2.24) is 0 Å². The summed E-state index contributed by atoms with van der Waals surface area (Å²) in [5, 5.41) is 5.37. The molecule has 0 unspecified atom stereocenters. The van der Waals surface area contributed by atoms with Gasteiger partial charge in [-0.1, -0.05) is 136 Å². The van der Waals surface area contributed by atoms with Crippen LogP contribution in [0.2, 0.25) is 0 Å². The second-order valence-electron chi connectivity index (χ2n) is 11.0. The molecular formula is C36H28. The summed E-state index contributed by atoms with van der Waals surface area (Å²) in [6, 6.07) is 42.7. The minimum atomic E-state index is 0.166. The predicted molar refractivity (Wildman–Crippen MR) is 155 cm³/mol. The fourth-order valence-corrected chi connectivity index (χ4v) is 5.97. The highest BCUT2D eigenvalue weighted by atomic mass is 14.3. The summed E-state index contributed by atoms with van der Waals surface area (Å²) in [6.45, 7) is 6.78. The molecule has 0 aliphatic heterocycles. The van der Waals surface area contributed by atoms with Gasteiger partial charge in [0.25, 0.3) is 0 Å². The van der Waals surface area contributed by atoms with Crippen molar-refractivity contribution in [3.63, 3.8) is 0 Å². The van der Waals surface area contributed by atoms with Crippen molar-refractivity contribution >= 4 is 21.5 Å². The van der Waals surface area contributed by atoms with E-state index in [-0.39, 0.29) is 5.41 Å². The Bertz CT molecular complexity index is 1780. The van der Waals surface area contributed by atoms with E-state index in [9.17, 15) is 0 Å². The van der Waals surface area contributed by atoms with Crippen molar-refractivity contribution in [2.45, 2.75) is 26.2 Å². The number of hydrogen-bond acceptors (Lipinski definition) is 0. The minimum Gasteiger partial charge on any atom is -0.0616 e. The molecule has 0 saturated carbocycles. The molecular weight excluding hydrogens is 432 g/mol. The molecule has 0 radical (unpaired) electrons. The van der Waals surface area contributed by atoms with Gasteiger partial charge in [0.15, 0.2) is 0 Å². The second-order valence-corrected chi connectivity index (χ2v) is 11.0. The molecule has 172 valence electrons. The Kier molecular flexibility index (Phi) is 4.51. The van der Waals surface area contributed by atoms with E-state index in [0.717, 1.165) is 0 Å². The predicted octanol–water partition coefficient (Wildman–Crippen LogP) is 10.3. The van der Waals surface area contributed by atoms with Crippen LogP contribution >= 0.6 is 0 Å². The van der Waals surface area contributed by atoms with Gasteiger partial charge in [0.2, 0.25) is 0 Å². The molecule has 0 heterocycles. The van der Waals surface area contributed by atoms with E-state index in [1.807, 2.05) is 0 Å². The van der Waals surface area contributed by atoms with Gasteiger partial charge < -0.3 is 0 Å². The molecule has 0 saturated heterocycles. The monoisotopic (exact) mass is 460 g/mol. The third-order valence-corrected chi connectivity index (χ3v) is 7.79. The van der Waals surface area contributed by atoms with Crippen molar-refractivity contribution in [3.05, 3.63) is 121 Å². The first-order valence-corrected chi connectivity index (χ1v) is 12.8. The molecule has 0 atom stereocenters. The van der Waals surface area contributed by atoms with Crippen LogP contribution in [0.25, 0.3) is 66.1 Å². The highest BCUT2D eigenvalue weighted by Gasteiger charge is 2.25. The summed E-state index contributed by atoms with van der Waals surface area (Å²) in [6.07, 6.45) is 0. The molecule has 1 aliphatic carbocycles. The maximum Gasteiger partial charge on any atom is -0.00137 e. The topological polar surface area (TPSA) is 0 Å². The molecule has 7 rings (SSSR count). The van der Waals surface area contributed by atoms with Gasteiger partial charge in [-0.3, -0.25) is 0 Å². The van der Waals surface area contributed by atoms with E-state index < -0.39 is 0 Å². The summed E-state index contributed by atoms with van der Waals surface area (Å²) < 4.78 is 0. The number of hydrogen-bond donors (Lipinski definition) is 0. The molecule has 0 fully saturated rings. The fourth-order valence-electron chi connectivity index (χ4n) is 5.97. The zero-order valence-electron chi connectivity index (χ0n) is 21.0. The third kappa shape index (κ3) is 3.08. The molecule has 0 spiro atoms. The van der Waals surface area contributed by atoms with E-state index in [0.29, 0.717) is 0 Å². The Balaban J connectivity index is 1.43. The summed E-state index contributed by atoms with van der Waals surface area (Å²) in [5.41, 5.74) is 12.1. The lowest BCUT2D eigenvalue weighted by Gasteiger charge is -2.19. The summed E-state index contributed by atoms with van der Waals surface area (Å²) in [7, 11) is 0. The van der Waals surface area contributed by atoms with Crippen LogP contribution in [-0.4, -0.2) is 0 Å². The normalized spacial score (nSPS) is 12.3. The van der Waals surface area contributed by atoms with Crippen LogP contribution in [0, 0.1) is 0 Å². The number of fused-ring (bicyclic) bond motifs is 5. The molecule has 0 aromatic heterocycles. The van der Waals surface area contributed by atoms with Crippen molar-refractivity contribution in [1.29, 1.82) is 0 Å². The molecule has 0 nitrogen and oxygen atoms in total. The number of benzene rings is 6. The Labute approximate surface area is 212 Å². The first-order chi connectivity index (χ1) is 17.5. The summed E-state index contributed by atoms with van der Waals surface area (Å²) in [5.74, 6) is 0. The molecule has 0 amide bonds. The standard InChI is InChI=1S/C36H28/c1-36(2,3)26-21-19-24(20-22-26)23-15-17-25(18-16-23)33-30-11-6-7-12-31(30)34-28-10-5-4-9-27(28)29-13-8-14-32(33)35(29)34/h4-22H,1-3H3. The maximum atomic E-state index is 2.30. The lowest BCUT2D eigenvalue weighted by molar-refractivity contribution is 0.590. The van der Waals surface area contributed by atoms with Crippen LogP contribution in [0.15, 0.2) is 115 Å². The van der Waals surface area contributed by atoms with Gasteiger partial charge in [0.1, 0.15) is 0 Å². The van der Waals surface area contributed by atoms with Gasteiger partial charge in [-0.2, -0.15) is 0 Å². The van der Waals surface area contributed by atoms with Gasteiger partial charge in [0, 0.05) is 0 Å². The Morgan fingerprint density at radius 3 is 1.56 bits per heavy atom. The van der Waals surface area contributed by atoms with Crippen molar-refractivity contribution in [2.24, 2.45) is 0 Å². The quantitative estimate of drug-likeness (QED) is 0.225. The Morgan fingerprint density at radius 1 is 0.389 bits per heavy atom. The van der Waals surface area contributed by atoms with Gasteiger partial charge in [-0.25, -0.2) is 0 Å². The van der Waals surface area contributed by atoms with E-state index in [1.54, 1.807) is 0 Å². The lowest BCUT2D eigenvalue weighted by atomic mass is 9.86. The molecule has 6 aromatic carbocycles. The van der Waals surface area contributed by atoms with Gasteiger partial charge in [-0.15, -0.1) is 0 Å². The van der Waals surface area contributed by atoms with E-state index in [4.69, 9.17) is 0 Å². The number of rotatable bonds is 2. The van der Waals surface area contributed by atoms with Gasteiger partial charge in [-0.05, 0) is 77.0 Å². The SMILES string of the molecule is CC(C)(C)c1ccc(-c2ccc(-c3c4ccccc4c4c5c(cccc35)-c3ccccc3-4)cc2)cc1. The van der Waals surface area contributed by atoms with E-state index in [1.165, 1.54) is 71.6 Å². The third-order valence-electron chi connectivity index (χ3n) is 7.79. The fraction of sp³-hybridized carbons (Fsp3) is 0.111. The molecule has 0 N–H and O–H groups in total. The lowest BCUT2D eigenvalue weighted by Crippen LogP contribution is -2.10. The molecule has 6 aromatic rings. The molecule has 1 aliphatic rings. The van der Waals surface area contributed by atoms with Crippen molar-refractivity contribution in [2.75, 3.05) is 0 Å². The zero-order valence-corrected chi connectivity index (χ0v) is 21.0. The first kappa shape index (κ1) is 21.1. The highest BCUT2D eigenvalue weighted by Crippen LogP contribution is 2.53. The van der Waals surface area contributed by atoms with Crippen LogP contribution in [0.4, 0.5) is 0 Å². The largest absolute Gasteiger partial charge is 0.0616 e. The van der Waals surface area contributed by atoms with Gasteiger partial charge in [0.05, 0.1) is 0 Å². The smallest absolute Gasteiger partial charge is 0.00137 e. The van der Waals surface area contributed by atoms with E-state index >= 15 is 0 Å².